The Kier molecular flexibility index (Phi) is 4.80. The number of hydrogen-bond donors (Lipinski definition) is 2. The average molecular weight is 413 g/mol. The second-order valence-corrected chi connectivity index (χ2v) is 6.07. The maximum absolute atomic E-state index is 12.3. The van der Waals surface area contributed by atoms with Gasteiger partial charge in [0.1, 0.15) is 0 Å². The third-order valence-corrected chi connectivity index (χ3v) is 4.52. The van der Waals surface area contributed by atoms with Crippen LogP contribution in [0.4, 0.5) is 5.69 Å². The molecular weight excluding hydrogens is 402 g/mol. The van der Waals surface area contributed by atoms with Gasteiger partial charge in [-0.2, -0.15) is 0 Å². The first-order chi connectivity index (χ1) is 9.90. The maximum atomic E-state index is 12.3. The minimum Gasteiger partial charge on any atom is -0.478 e. The fraction of sp³-hybridized carbons (Fsp3) is 0.0667. The van der Waals surface area contributed by atoms with Crippen molar-refractivity contribution in [3.8, 4) is 0 Å². The fourth-order valence-corrected chi connectivity index (χ4v) is 2.51. The third-order valence-electron chi connectivity index (χ3n) is 2.97. The van der Waals surface area contributed by atoms with E-state index < -0.39 is 5.97 Å². The number of carboxylic acid groups (broad SMARTS) is 1. The normalized spacial score (nSPS) is 10.2. The van der Waals surface area contributed by atoms with E-state index in [1.807, 2.05) is 13.0 Å². The highest BCUT2D eigenvalue weighted by atomic mass is 79.9. The topological polar surface area (TPSA) is 66.4 Å². The van der Waals surface area contributed by atoms with Gasteiger partial charge in [0.05, 0.1) is 11.3 Å². The monoisotopic (exact) mass is 411 g/mol. The largest absolute Gasteiger partial charge is 0.478 e. The molecule has 0 unspecified atom stereocenters. The summed E-state index contributed by atoms with van der Waals surface area (Å²) in [6, 6.07) is 9.81. The summed E-state index contributed by atoms with van der Waals surface area (Å²) >= 11 is 6.67. The molecule has 0 atom stereocenters. The quantitative estimate of drug-likeness (QED) is 0.781. The number of rotatable bonds is 3. The molecule has 0 radical (unpaired) electrons. The first-order valence-corrected chi connectivity index (χ1v) is 7.58. The van der Waals surface area contributed by atoms with E-state index in [9.17, 15) is 9.59 Å². The maximum Gasteiger partial charge on any atom is 0.335 e. The molecule has 0 heterocycles. The summed E-state index contributed by atoms with van der Waals surface area (Å²) in [5, 5.41) is 11.7. The molecule has 0 fully saturated rings. The molecule has 0 spiro atoms. The van der Waals surface area contributed by atoms with Crippen LogP contribution in [0, 0.1) is 6.92 Å². The molecule has 0 saturated carbocycles. The number of carboxylic acids is 1. The highest BCUT2D eigenvalue weighted by Gasteiger charge is 2.14. The van der Waals surface area contributed by atoms with Crippen molar-refractivity contribution in [2.45, 2.75) is 6.92 Å². The standard InChI is InChI=1S/C15H11Br2NO3/c1-8-10(3-2-4-11(8)16)14(19)18-13-7-9(15(20)21)5-6-12(13)17/h2-7H,1H3,(H,18,19)(H,20,21). The summed E-state index contributed by atoms with van der Waals surface area (Å²) in [4.78, 5) is 23.3. The molecule has 0 aromatic heterocycles. The zero-order valence-electron chi connectivity index (χ0n) is 11.0. The number of halogens is 2. The molecule has 0 aliphatic heterocycles. The van der Waals surface area contributed by atoms with Crippen LogP contribution in [0.25, 0.3) is 0 Å². The number of hydrogen-bond acceptors (Lipinski definition) is 2. The zero-order valence-corrected chi connectivity index (χ0v) is 14.2. The molecule has 0 saturated heterocycles. The predicted molar refractivity (Wildman–Crippen MR) is 87.9 cm³/mol. The molecule has 4 nitrogen and oxygen atoms in total. The Morgan fingerprint density at radius 2 is 1.81 bits per heavy atom. The Labute approximate surface area is 138 Å². The molecule has 108 valence electrons. The van der Waals surface area contributed by atoms with Gasteiger partial charge in [-0.15, -0.1) is 0 Å². The van der Waals surface area contributed by atoms with Crippen molar-refractivity contribution in [1.29, 1.82) is 0 Å². The van der Waals surface area contributed by atoms with Crippen molar-refractivity contribution >= 4 is 49.4 Å². The van der Waals surface area contributed by atoms with Crippen LogP contribution in [0.5, 0.6) is 0 Å². The average Bonchev–Trinajstić information content (AvgIpc) is 2.43. The Bertz CT molecular complexity index is 729. The molecular formula is C15H11Br2NO3. The molecule has 0 aliphatic carbocycles. The summed E-state index contributed by atoms with van der Waals surface area (Å²) in [6.07, 6.45) is 0. The van der Waals surface area contributed by atoms with Crippen LogP contribution in [0.2, 0.25) is 0 Å². The van der Waals surface area contributed by atoms with Crippen molar-refractivity contribution in [1.82, 2.24) is 0 Å². The third kappa shape index (κ3) is 3.51. The van der Waals surface area contributed by atoms with Gasteiger partial charge in [-0.3, -0.25) is 4.79 Å². The van der Waals surface area contributed by atoms with E-state index in [0.717, 1.165) is 10.0 Å². The van der Waals surface area contributed by atoms with Gasteiger partial charge >= 0.3 is 5.97 Å². The van der Waals surface area contributed by atoms with Crippen LogP contribution in [-0.4, -0.2) is 17.0 Å². The van der Waals surface area contributed by atoms with Crippen LogP contribution in [0.3, 0.4) is 0 Å². The molecule has 2 aromatic carbocycles. The van der Waals surface area contributed by atoms with Crippen LogP contribution < -0.4 is 5.32 Å². The van der Waals surface area contributed by atoms with Gasteiger partial charge in [-0.05, 0) is 58.7 Å². The van der Waals surface area contributed by atoms with Gasteiger partial charge in [-0.1, -0.05) is 22.0 Å². The van der Waals surface area contributed by atoms with E-state index in [1.165, 1.54) is 12.1 Å². The zero-order chi connectivity index (χ0) is 15.6. The number of benzene rings is 2. The smallest absolute Gasteiger partial charge is 0.335 e. The Hall–Kier alpha value is -1.66. The number of amides is 1. The highest BCUT2D eigenvalue weighted by molar-refractivity contribution is 9.10. The Morgan fingerprint density at radius 1 is 1.10 bits per heavy atom. The van der Waals surface area contributed by atoms with Gasteiger partial charge in [0.15, 0.2) is 0 Å². The fourth-order valence-electron chi connectivity index (χ4n) is 1.80. The van der Waals surface area contributed by atoms with Gasteiger partial charge in [-0.25, -0.2) is 4.79 Å². The summed E-state index contributed by atoms with van der Waals surface area (Å²) in [5.74, 6) is -1.34. The van der Waals surface area contributed by atoms with Crippen molar-refractivity contribution in [2.24, 2.45) is 0 Å². The van der Waals surface area contributed by atoms with E-state index in [4.69, 9.17) is 5.11 Å². The van der Waals surface area contributed by atoms with Crippen molar-refractivity contribution in [3.63, 3.8) is 0 Å². The first kappa shape index (κ1) is 15.7. The first-order valence-electron chi connectivity index (χ1n) is 5.99. The number of carbonyl (C=O) groups is 2. The lowest BCUT2D eigenvalue weighted by molar-refractivity contribution is 0.0696. The van der Waals surface area contributed by atoms with Crippen LogP contribution in [-0.2, 0) is 0 Å². The van der Waals surface area contributed by atoms with Crippen molar-refractivity contribution in [3.05, 3.63) is 62.0 Å². The summed E-state index contributed by atoms with van der Waals surface area (Å²) < 4.78 is 1.46. The molecule has 2 aromatic rings. The molecule has 1 amide bonds. The number of aromatic carboxylic acids is 1. The molecule has 2 N–H and O–H groups in total. The second kappa shape index (κ2) is 6.41. The Morgan fingerprint density at radius 3 is 2.48 bits per heavy atom. The van der Waals surface area contributed by atoms with Crippen LogP contribution >= 0.6 is 31.9 Å². The van der Waals surface area contributed by atoms with Crippen LogP contribution in [0.1, 0.15) is 26.3 Å². The molecule has 2 rings (SSSR count). The van der Waals surface area contributed by atoms with Gasteiger partial charge in [0.2, 0.25) is 0 Å². The lowest BCUT2D eigenvalue weighted by Gasteiger charge is -2.11. The Balaban J connectivity index is 2.33. The number of carbonyl (C=O) groups excluding carboxylic acids is 1. The number of anilines is 1. The number of nitrogens with one attached hydrogen (secondary N) is 1. The summed E-state index contributed by atoms with van der Waals surface area (Å²) in [5.41, 5.74) is 1.87. The lowest BCUT2D eigenvalue weighted by Crippen LogP contribution is -2.14. The van der Waals surface area contributed by atoms with E-state index in [2.05, 4.69) is 37.2 Å². The van der Waals surface area contributed by atoms with Crippen LogP contribution in [0.15, 0.2) is 45.3 Å². The highest BCUT2D eigenvalue weighted by Crippen LogP contribution is 2.26. The molecule has 21 heavy (non-hydrogen) atoms. The predicted octanol–water partition coefficient (Wildman–Crippen LogP) is 4.47. The van der Waals surface area contributed by atoms with E-state index in [0.29, 0.717) is 15.7 Å². The molecule has 0 bridgehead atoms. The minimum atomic E-state index is -1.04. The van der Waals surface area contributed by atoms with E-state index >= 15 is 0 Å². The SMILES string of the molecule is Cc1c(Br)cccc1C(=O)Nc1cc(C(=O)O)ccc1Br. The van der Waals surface area contributed by atoms with Crippen molar-refractivity contribution < 1.29 is 14.7 Å². The lowest BCUT2D eigenvalue weighted by atomic mass is 10.1. The van der Waals surface area contributed by atoms with E-state index in [1.54, 1.807) is 18.2 Å². The van der Waals surface area contributed by atoms with Gasteiger partial charge < -0.3 is 10.4 Å². The summed E-state index contributed by atoms with van der Waals surface area (Å²) in [7, 11) is 0. The van der Waals surface area contributed by atoms with Gasteiger partial charge in [0, 0.05) is 14.5 Å². The summed E-state index contributed by atoms with van der Waals surface area (Å²) in [6.45, 7) is 1.84. The van der Waals surface area contributed by atoms with Crippen molar-refractivity contribution in [2.75, 3.05) is 5.32 Å². The van der Waals surface area contributed by atoms with Gasteiger partial charge in [0.25, 0.3) is 5.91 Å². The molecule has 6 heteroatoms. The molecule has 0 aliphatic rings. The second-order valence-electron chi connectivity index (χ2n) is 4.37. The minimum absolute atomic E-state index is 0.111. The van der Waals surface area contributed by atoms with E-state index in [-0.39, 0.29) is 11.5 Å².